The number of pyridine rings is 2. The second-order valence-electron chi connectivity index (χ2n) is 5.17. The molecule has 0 radical (unpaired) electrons. The molecule has 112 valence electrons. The molecule has 3 rings (SSSR count). The van der Waals surface area contributed by atoms with Crippen molar-refractivity contribution >= 4 is 30.0 Å². The van der Waals surface area contributed by atoms with Gasteiger partial charge < -0.3 is 5.73 Å². The quantitative estimate of drug-likeness (QED) is 0.726. The van der Waals surface area contributed by atoms with E-state index < -0.39 is 0 Å². The topological polar surface area (TPSA) is 51.8 Å². The Hall–Kier alpha value is -3.20. The van der Waals surface area contributed by atoms with Crippen molar-refractivity contribution in [3.05, 3.63) is 89.5 Å². The second kappa shape index (κ2) is 7.18. The molecule has 2 heterocycles. The fourth-order valence-electron chi connectivity index (χ4n) is 2.18. The molecule has 2 aromatic heterocycles. The van der Waals surface area contributed by atoms with E-state index in [0.29, 0.717) is 0 Å². The van der Waals surface area contributed by atoms with Crippen LogP contribution < -0.4 is 5.73 Å². The number of benzene rings is 1. The normalized spacial score (nSPS) is 11.3. The van der Waals surface area contributed by atoms with Crippen LogP contribution in [0.1, 0.15) is 22.3 Å². The summed E-state index contributed by atoms with van der Waals surface area (Å²) in [5.41, 5.74) is 10.8. The Morgan fingerprint density at radius 1 is 0.652 bits per heavy atom. The number of nitrogens with two attached hydrogens (primary N) is 1. The number of aromatic nitrogens is 2. The van der Waals surface area contributed by atoms with Crippen molar-refractivity contribution in [1.29, 1.82) is 0 Å². The summed E-state index contributed by atoms with van der Waals surface area (Å²) in [7, 11) is 0. The van der Waals surface area contributed by atoms with E-state index in [1.807, 2.05) is 73.1 Å². The van der Waals surface area contributed by atoms with E-state index >= 15 is 0 Å². The minimum atomic E-state index is 0.763. The fourth-order valence-corrected chi connectivity index (χ4v) is 2.18. The molecule has 0 saturated heterocycles. The monoisotopic (exact) mass is 299 g/mol. The maximum absolute atomic E-state index is 5.79. The maximum Gasteiger partial charge on any atom is 0.0340 e. The van der Waals surface area contributed by atoms with E-state index in [2.05, 4.69) is 16.0 Å². The summed E-state index contributed by atoms with van der Waals surface area (Å²) in [5.74, 6) is 0. The third kappa shape index (κ3) is 4.38. The molecule has 3 aromatic rings. The molecule has 0 aliphatic heterocycles. The summed E-state index contributed by atoms with van der Waals surface area (Å²) in [6.07, 6.45) is 15.4. The van der Waals surface area contributed by atoms with Crippen molar-refractivity contribution in [2.24, 2.45) is 0 Å². The molecule has 0 atom stereocenters. The van der Waals surface area contributed by atoms with Gasteiger partial charge in [0.2, 0.25) is 0 Å². The molecular formula is C20H17N3. The van der Waals surface area contributed by atoms with Gasteiger partial charge in [0.05, 0.1) is 0 Å². The van der Waals surface area contributed by atoms with Gasteiger partial charge in [-0.05, 0) is 52.6 Å². The minimum Gasteiger partial charge on any atom is -0.399 e. The molecule has 2 N–H and O–H groups in total. The Labute approximate surface area is 135 Å². The van der Waals surface area contributed by atoms with Gasteiger partial charge in [-0.2, -0.15) is 0 Å². The molecule has 0 bridgehead atoms. The Morgan fingerprint density at radius 2 is 1.30 bits per heavy atom. The SMILES string of the molecule is Nc1cccc(/C=C/c2cncc(/C=C/c3ccncc3)c2)c1. The van der Waals surface area contributed by atoms with Crippen LogP contribution >= 0.6 is 0 Å². The average molecular weight is 299 g/mol. The lowest BCUT2D eigenvalue weighted by atomic mass is 10.1. The van der Waals surface area contributed by atoms with Crippen LogP contribution in [0.25, 0.3) is 24.3 Å². The van der Waals surface area contributed by atoms with Crippen molar-refractivity contribution in [3.63, 3.8) is 0 Å². The molecule has 23 heavy (non-hydrogen) atoms. The van der Waals surface area contributed by atoms with Crippen LogP contribution in [-0.4, -0.2) is 9.97 Å². The van der Waals surface area contributed by atoms with E-state index in [9.17, 15) is 0 Å². The average Bonchev–Trinajstić information content (AvgIpc) is 2.60. The largest absolute Gasteiger partial charge is 0.399 e. The predicted molar refractivity (Wildman–Crippen MR) is 97.2 cm³/mol. The molecule has 0 aliphatic rings. The highest BCUT2D eigenvalue weighted by molar-refractivity contribution is 5.74. The van der Waals surface area contributed by atoms with Gasteiger partial charge in [-0.3, -0.25) is 9.97 Å². The van der Waals surface area contributed by atoms with Gasteiger partial charge in [0, 0.05) is 30.5 Å². The molecule has 0 unspecified atom stereocenters. The highest BCUT2D eigenvalue weighted by Crippen LogP contribution is 2.13. The van der Waals surface area contributed by atoms with Gasteiger partial charge in [-0.25, -0.2) is 0 Å². The van der Waals surface area contributed by atoms with E-state index in [-0.39, 0.29) is 0 Å². The smallest absolute Gasteiger partial charge is 0.0340 e. The van der Waals surface area contributed by atoms with Crippen molar-refractivity contribution in [2.45, 2.75) is 0 Å². The van der Waals surface area contributed by atoms with Gasteiger partial charge in [-0.15, -0.1) is 0 Å². The van der Waals surface area contributed by atoms with Crippen LogP contribution in [-0.2, 0) is 0 Å². The highest BCUT2D eigenvalue weighted by Gasteiger charge is 1.93. The van der Waals surface area contributed by atoms with Crippen molar-refractivity contribution in [1.82, 2.24) is 9.97 Å². The molecule has 3 nitrogen and oxygen atoms in total. The summed E-state index contributed by atoms with van der Waals surface area (Å²) in [6, 6.07) is 13.8. The lowest BCUT2D eigenvalue weighted by Gasteiger charge is -1.98. The molecule has 1 aromatic carbocycles. The molecule has 0 fully saturated rings. The molecule has 0 aliphatic carbocycles. The summed E-state index contributed by atoms with van der Waals surface area (Å²) in [6.45, 7) is 0. The molecule has 0 saturated carbocycles. The Balaban J connectivity index is 1.76. The van der Waals surface area contributed by atoms with Crippen LogP contribution in [0.4, 0.5) is 5.69 Å². The number of rotatable bonds is 4. The van der Waals surface area contributed by atoms with Crippen molar-refractivity contribution < 1.29 is 0 Å². The summed E-state index contributed by atoms with van der Waals surface area (Å²) < 4.78 is 0. The summed E-state index contributed by atoms with van der Waals surface area (Å²) in [5, 5.41) is 0. The molecule has 0 spiro atoms. The van der Waals surface area contributed by atoms with E-state index in [0.717, 1.165) is 27.9 Å². The number of nitrogens with zero attached hydrogens (tertiary/aromatic N) is 2. The Bertz CT molecular complexity index is 836. The van der Waals surface area contributed by atoms with E-state index in [4.69, 9.17) is 5.73 Å². The predicted octanol–water partition coefficient (Wildman–Crippen LogP) is 4.40. The number of hydrogen-bond donors (Lipinski definition) is 1. The van der Waals surface area contributed by atoms with Gasteiger partial charge in [0.1, 0.15) is 0 Å². The van der Waals surface area contributed by atoms with Gasteiger partial charge in [0.15, 0.2) is 0 Å². The first-order valence-corrected chi connectivity index (χ1v) is 7.36. The van der Waals surface area contributed by atoms with Crippen LogP contribution in [0.3, 0.4) is 0 Å². The zero-order chi connectivity index (χ0) is 15.9. The van der Waals surface area contributed by atoms with Gasteiger partial charge in [-0.1, -0.05) is 36.4 Å². The first-order valence-electron chi connectivity index (χ1n) is 7.36. The molecule has 0 amide bonds. The highest BCUT2D eigenvalue weighted by atomic mass is 14.6. The number of nitrogen functional groups attached to an aromatic ring is 1. The van der Waals surface area contributed by atoms with E-state index in [1.54, 1.807) is 12.4 Å². The Kier molecular flexibility index (Phi) is 4.60. The van der Waals surface area contributed by atoms with E-state index in [1.165, 1.54) is 0 Å². The van der Waals surface area contributed by atoms with Crippen LogP contribution in [0.15, 0.2) is 67.3 Å². The van der Waals surface area contributed by atoms with Crippen molar-refractivity contribution in [3.8, 4) is 0 Å². The van der Waals surface area contributed by atoms with Crippen LogP contribution in [0.5, 0.6) is 0 Å². The number of hydrogen-bond acceptors (Lipinski definition) is 3. The first kappa shape index (κ1) is 14.7. The summed E-state index contributed by atoms with van der Waals surface area (Å²) >= 11 is 0. The first-order chi connectivity index (χ1) is 11.3. The lowest BCUT2D eigenvalue weighted by molar-refractivity contribution is 1.30. The number of anilines is 1. The zero-order valence-corrected chi connectivity index (χ0v) is 12.6. The third-order valence-corrected chi connectivity index (χ3v) is 3.33. The Morgan fingerprint density at radius 3 is 2.00 bits per heavy atom. The zero-order valence-electron chi connectivity index (χ0n) is 12.6. The standard InChI is InChI=1S/C20H17N3/c21-20-3-1-2-17(13-20)5-7-19-12-18(14-23-15-19)6-4-16-8-10-22-11-9-16/h1-15H,21H2/b6-4+,7-5+. The van der Waals surface area contributed by atoms with Gasteiger partial charge >= 0.3 is 0 Å². The second-order valence-corrected chi connectivity index (χ2v) is 5.17. The fraction of sp³-hybridized carbons (Fsp3) is 0. The van der Waals surface area contributed by atoms with Crippen molar-refractivity contribution in [2.75, 3.05) is 5.73 Å². The molecule has 3 heteroatoms. The third-order valence-electron chi connectivity index (χ3n) is 3.33. The molecular weight excluding hydrogens is 282 g/mol. The lowest BCUT2D eigenvalue weighted by Crippen LogP contribution is -1.84. The van der Waals surface area contributed by atoms with Gasteiger partial charge in [0.25, 0.3) is 0 Å². The maximum atomic E-state index is 5.79. The summed E-state index contributed by atoms with van der Waals surface area (Å²) in [4.78, 5) is 8.30. The van der Waals surface area contributed by atoms with Crippen LogP contribution in [0.2, 0.25) is 0 Å². The van der Waals surface area contributed by atoms with Crippen LogP contribution in [0, 0.1) is 0 Å². The minimum absolute atomic E-state index is 0.763.